The number of amides is 2. The second-order valence-electron chi connectivity index (χ2n) is 14.0. The Morgan fingerprint density at radius 3 is 2.24 bits per heavy atom. The van der Waals surface area contributed by atoms with Crippen LogP contribution in [0.1, 0.15) is 56.8 Å². The second kappa shape index (κ2) is 13.6. The predicted octanol–water partition coefficient (Wildman–Crippen LogP) is 6.11. The first kappa shape index (κ1) is 33.1. The second-order valence-corrected chi connectivity index (χ2v) is 14.0. The zero-order valence-corrected chi connectivity index (χ0v) is 29.1. The number of H-pyrrole nitrogens is 2. The van der Waals surface area contributed by atoms with E-state index in [4.69, 9.17) is 19.2 Å². The summed E-state index contributed by atoms with van der Waals surface area (Å²) in [4.78, 5) is 43.7. The lowest BCUT2D eigenvalue weighted by atomic mass is 9.98. The van der Waals surface area contributed by atoms with E-state index in [0.29, 0.717) is 26.3 Å². The quantitative estimate of drug-likeness (QED) is 0.153. The van der Waals surface area contributed by atoms with Crippen molar-refractivity contribution < 1.29 is 23.8 Å². The number of nitrogens with one attached hydrogen (secondary N) is 4. The van der Waals surface area contributed by atoms with Gasteiger partial charge in [0.2, 0.25) is 5.91 Å². The van der Waals surface area contributed by atoms with Crippen LogP contribution in [0.25, 0.3) is 44.4 Å². The van der Waals surface area contributed by atoms with Crippen LogP contribution in [-0.4, -0.2) is 82.1 Å². The predicted molar refractivity (Wildman–Crippen MR) is 192 cm³/mol. The summed E-state index contributed by atoms with van der Waals surface area (Å²) in [6, 6.07) is 20.7. The van der Waals surface area contributed by atoms with Crippen LogP contribution in [0.3, 0.4) is 0 Å². The number of carbonyl (C=O) groups is 2. The van der Waals surface area contributed by atoms with Crippen LogP contribution in [0.5, 0.6) is 0 Å². The van der Waals surface area contributed by atoms with Gasteiger partial charge in [-0.05, 0) is 58.4 Å². The SMILES string of the molecule is COC(=O)N[C@H](C(=O)N1CCCC1c1ncc(-c2ccc3cc(-c4ccc(-c5cnc([C@@H]6CC7(CN6)OCCO7)[nH]5)cc4)ccc3c2)[nH]1)C(C)C. The van der Waals surface area contributed by atoms with Gasteiger partial charge in [-0.2, -0.15) is 0 Å². The fourth-order valence-electron chi connectivity index (χ4n) is 7.59. The number of imidazole rings is 2. The zero-order chi connectivity index (χ0) is 35.1. The molecule has 3 aliphatic rings. The smallest absolute Gasteiger partial charge is 0.407 e. The van der Waals surface area contributed by atoms with Crippen molar-refractivity contribution >= 4 is 22.8 Å². The number of aromatic amines is 2. The molecule has 0 aliphatic carbocycles. The molecule has 5 heterocycles. The highest BCUT2D eigenvalue weighted by molar-refractivity contribution is 5.91. The number of hydrogen-bond donors (Lipinski definition) is 4. The van der Waals surface area contributed by atoms with Gasteiger partial charge in [0, 0.05) is 18.5 Å². The molecule has 2 amide bonds. The summed E-state index contributed by atoms with van der Waals surface area (Å²) in [5, 5.41) is 8.45. The Hall–Kier alpha value is -5.04. The molecule has 4 N–H and O–H groups in total. The number of benzene rings is 3. The molecule has 264 valence electrons. The number of likely N-dealkylation sites (tertiary alicyclic amines) is 1. The average Bonchev–Trinajstić information content (AvgIpc) is 4.01. The Kier molecular flexibility index (Phi) is 8.83. The maximum Gasteiger partial charge on any atom is 0.407 e. The highest BCUT2D eigenvalue weighted by Gasteiger charge is 2.45. The molecule has 3 aromatic carbocycles. The summed E-state index contributed by atoms with van der Waals surface area (Å²) >= 11 is 0. The first-order valence-corrected chi connectivity index (χ1v) is 17.7. The summed E-state index contributed by atoms with van der Waals surface area (Å²) in [7, 11) is 1.30. The summed E-state index contributed by atoms with van der Waals surface area (Å²) < 4.78 is 16.5. The Bertz CT molecular complexity index is 2050. The van der Waals surface area contributed by atoms with E-state index in [0.717, 1.165) is 75.3 Å². The summed E-state index contributed by atoms with van der Waals surface area (Å²) in [5.41, 5.74) is 6.24. The van der Waals surface area contributed by atoms with E-state index in [1.165, 1.54) is 7.11 Å². The van der Waals surface area contributed by atoms with Crippen molar-refractivity contribution in [1.82, 2.24) is 35.5 Å². The van der Waals surface area contributed by atoms with Gasteiger partial charge in [-0.15, -0.1) is 0 Å². The fourth-order valence-corrected chi connectivity index (χ4v) is 7.59. The first-order chi connectivity index (χ1) is 24.8. The number of alkyl carbamates (subject to hydrolysis) is 1. The molecule has 51 heavy (non-hydrogen) atoms. The van der Waals surface area contributed by atoms with Gasteiger partial charge >= 0.3 is 6.09 Å². The maximum absolute atomic E-state index is 13.5. The molecule has 3 saturated heterocycles. The van der Waals surface area contributed by atoms with Crippen molar-refractivity contribution in [3.63, 3.8) is 0 Å². The number of ether oxygens (including phenoxy) is 3. The number of hydrogen-bond acceptors (Lipinski definition) is 8. The number of rotatable bonds is 8. The van der Waals surface area contributed by atoms with E-state index in [9.17, 15) is 9.59 Å². The van der Waals surface area contributed by atoms with Crippen LogP contribution in [0.2, 0.25) is 0 Å². The van der Waals surface area contributed by atoms with E-state index < -0.39 is 17.9 Å². The van der Waals surface area contributed by atoms with Gasteiger partial charge in [-0.1, -0.05) is 62.4 Å². The van der Waals surface area contributed by atoms with Crippen LogP contribution in [0, 0.1) is 5.92 Å². The van der Waals surface area contributed by atoms with Gasteiger partial charge in [0.25, 0.3) is 0 Å². The highest BCUT2D eigenvalue weighted by atomic mass is 16.7. The van der Waals surface area contributed by atoms with Gasteiger partial charge in [0.1, 0.15) is 17.7 Å². The van der Waals surface area contributed by atoms with Gasteiger partial charge in [0.05, 0.1) is 62.7 Å². The highest BCUT2D eigenvalue weighted by Crippen LogP contribution is 2.37. The molecule has 3 atom stereocenters. The Balaban J connectivity index is 0.949. The normalized spacial score (nSPS) is 20.4. The van der Waals surface area contributed by atoms with E-state index in [2.05, 4.69) is 86.2 Å². The molecule has 5 aromatic rings. The van der Waals surface area contributed by atoms with Crippen molar-refractivity contribution in [2.24, 2.45) is 5.92 Å². The molecular weight excluding hydrogens is 646 g/mol. The Labute approximate surface area is 296 Å². The third-order valence-electron chi connectivity index (χ3n) is 10.4. The third kappa shape index (κ3) is 6.50. The maximum atomic E-state index is 13.5. The molecule has 0 bridgehead atoms. The van der Waals surface area contributed by atoms with Crippen molar-refractivity contribution in [3.8, 4) is 33.6 Å². The minimum absolute atomic E-state index is 0.0683. The monoisotopic (exact) mass is 689 g/mol. The van der Waals surface area contributed by atoms with Gasteiger partial charge in [-0.25, -0.2) is 14.8 Å². The molecule has 12 nitrogen and oxygen atoms in total. The van der Waals surface area contributed by atoms with Crippen LogP contribution in [0.15, 0.2) is 73.1 Å². The number of nitrogens with zero attached hydrogens (tertiary/aromatic N) is 3. The molecule has 0 radical (unpaired) electrons. The van der Waals surface area contributed by atoms with Crippen LogP contribution in [0.4, 0.5) is 4.79 Å². The molecule has 8 rings (SSSR count). The minimum Gasteiger partial charge on any atom is -0.453 e. The van der Waals surface area contributed by atoms with Gasteiger partial charge in [-0.3, -0.25) is 4.79 Å². The van der Waals surface area contributed by atoms with Crippen molar-refractivity contribution in [3.05, 3.63) is 84.7 Å². The number of carbonyl (C=O) groups excluding carboxylic acids is 2. The molecule has 12 heteroatoms. The largest absolute Gasteiger partial charge is 0.453 e. The molecule has 3 aliphatic heterocycles. The van der Waals surface area contributed by atoms with E-state index in [1.807, 2.05) is 31.1 Å². The van der Waals surface area contributed by atoms with Crippen LogP contribution in [-0.2, 0) is 19.0 Å². The fraction of sp³-hybridized carbons (Fsp3) is 0.385. The average molecular weight is 690 g/mol. The molecule has 1 unspecified atom stereocenters. The van der Waals surface area contributed by atoms with Gasteiger partial charge < -0.3 is 39.7 Å². The van der Waals surface area contributed by atoms with Crippen molar-refractivity contribution in [2.45, 2.75) is 57.0 Å². The minimum atomic E-state index is -0.670. The zero-order valence-electron chi connectivity index (χ0n) is 29.1. The molecule has 1 spiro atoms. The van der Waals surface area contributed by atoms with Gasteiger partial charge in [0.15, 0.2) is 5.79 Å². The molecule has 2 aromatic heterocycles. The van der Waals surface area contributed by atoms with E-state index in [1.54, 1.807) is 0 Å². The summed E-state index contributed by atoms with van der Waals surface area (Å²) in [6.07, 6.45) is 5.52. The third-order valence-corrected chi connectivity index (χ3v) is 10.4. The lowest BCUT2D eigenvalue weighted by molar-refractivity contribution is -0.141. The number of methoxy groups -OCH3 is 1. The topological polar surface area (TPSA) is 146 Å². The lowest BCUT2D eigenvalue weighted by Crippen LogP contribution is -2.51. The standard InChI is InChI=1S/C39H43N7O5/c1-23(2)34(45-38(48)49-3)37(47)46-14-4-5-33(46)36-41-21-32(44-36)29-13-12-27-17-26(10-11-28(27)18-29)24-6-8-25(9-7-24)31-20-40-35(43-31)30-19-39(22-42-30)50-15-16-51-39/h6-13,17-18,20-21,23,30,33-34,42H,4-5,14-16,19,22H2,1-3H3,(H,40,43)(H,41,44)(H,45,48)/t30-,33?,34-/m0/s1. The Morgan fingerprint density at radius 1 is 0.882 bits per heavy atom. The Morgan fingerprint density at radius 2 is 1.51 bits per heavy atom. The van der Waals surface area contributed by atoms with Crippen molar-refractivity contribution in [1.29, 1.82) is 0 Å². The molecule has 0 saturated carbocycles. The summed E-state index contributed by atoms with van der Waals surface area (Å²) in [6.45, 7) is 6.38. The lowest BCUT2D eigenvalue weighted by Gasteiger charge is -2.30. The van der Waals surface area contributed by atoms with Crippen LogP contribution >= 0.6 is 0 Å². The summed E-state index contributed by atoms with van der Waals surface area (Å²) in [5.74, 6) is 0.913. The first-order valence-electron chi connectivity index (χ1n) is 17.7. The van der Waals surface area contributed by atoms with E-state index in [-0.39, 0.29) is 23.9 Å². The van der Waals surface area contributed by atoms with E-state index >= 15 is 0 Å². The molecule has 3 fully saturated rings. The molecular formula is C39H43N7O5. The number of aromatic nitrogens is 4. The number of fused-ring (bicyclic) bond motifs is 1. The van der Waals surface area contributed by atoms with Crippen molar-refractivity contribution in [2.75, 3.05) is 33.4 Å². The van der Waals surface area contributed by atoms with Crippen LogP contribution < -0.4 is 10.6 Å².